The third-order valence-electron chi connectivity index (χ3n) is 7.20. The topological polar surface area (TPSA) is 89.3 Å². The molecule has 184 valence electrons. The van der Waals surface area contributed by atoms with E-state index in [-0.39, 0.29) is 24.2 Å². The van der Waals surface area contributed by atoms with Crippen molar-refractivity contribution in [3.05, 3.63) is 59.4 Å². The molecule has 2 amide bonds. The third-order valence-corrected chi connectivity index (χ3v) is 7.20. The van der Waals surface area contributed by atoms with E-state index < -0.39 is 22.7 Å². The predicted molar refractivity (Wildman–Crippen MR) is 122 cm³/mol. The zero-order valence-corrected chi connectivity index (χ0v) is 19.3. The maximum absolute atomic E-state index is 13.4. The summed E-state index contributed by atoms with van der Waals surface area (Å²) in [6.07, 6.45) is -0.0256. The maximum atomic E-state index is 13.4. The molecule has 2 saturated heterocycles. The van der Waals surface area contributed by atoms with E-state index in [1.54, 1.807) is 36.5 Å². The number of hydrogen-bond donors (Lipinski definition) is 1. The van der Waals surface area contributed by atoms with Gasteiger partial charge >= 0.3 is 6.18 Å². The van der Waals surface area contributed by atoms with Crippen LogP contribution in [0.25, 0.3) is 0 Å². The molecule has 0 aliphatic carbocycles. The Morgan fingerprint density at radius 3 is 2.60 bits per heavy atom. The summed E-state index contributed by atoms with van der Waals surface area (Å²) in [6, 6.07) is 8.95. The molecule has 35 heavy (non-hydrogen) atoms. The summed E-state index contributed by atoms with van der Waals surface area (Å²) < 4.78 is 40.3. The largest absolute Gasteiger partial charge is 0.417 e. The lowest BCUT2D eigenvalue weighted by Gasteiger charge is -2.43. The highest BCUT2D eigenvalue weighted by molar-refractivity contribution is 5.84. The Kier molecular flexibility index (Phi) is 6.70. The van der Waals surface area contributed by atoms with Crippen LogP contribution in [0.5, 0.6) is 0 Å². The van der Waals surface area contributed by atoms with Crippen molar-refractivity contribution < 1.29 is 22.8 Å². The third kappa shape index (κ3) is 4.94. The number of nitrogens with zero attached hydrogens (tertiary/aromatic N) is 4. The van der Waals surface area contributed by atoms with Gasteiger partial charge in [0, 0.05) is 56.7 Å². The normalized spacial score (nSPS) is 19.5. The number of rotatable bonds is 4. The van der Waals surface area contributed by atoms with Crippen molar-refractivity contribution in [2.24, 2.45) is 11.3 Å². The second-order valence-corrected chi connectivity index (χ2v) is 9.17. The molecule has 2 aliphatic heterocycles. The zero-order chi connectivity index (χ0) is 25.2. The molecule has 0 radical (unpaired) electrons. The predicted octanol–water partition coefficient (Wildman–Crippen LogP) is 3.01. The number of aromatic nitrogens is 1. The standard InChI is InChI=1S/C25H26F3N5O2/c1-30-23(35)21-15-33(22(34)11-17-3-2-8-31-14-17)16-24(21)6-9-32(10-7-24)19-5-4-18(13-29)20(12-19)25(26,27)28/h2-5,8,12,14,21H,6-7,9-11,15-16H2,1H3,(H,30,35). The fraction of sp³-hybridized carbons (Fsp3) is 0.440. The second kappa shape index (κ2) is 9.56. The minimum absolute atomic E-state index is 0.0758. The van der Waals surface area contributed by atoms with Gasteiger partial charge in [-0.3, -0.25) is 14.6 Å². The fourth-order valence-corrected chi connectivity index (χ4v) is 5.26. The van der Waals surface area contributed by atoms with Gasteiger partial charge in [0.1, 0.15) is 0 Å². The highest BCUT2D eigenvalue weighted by Crippen LogP contribution is 2.46. The van der Waals surface area contributed by atoms with Gasteiger partial charge in [0.15, 0.2) is 0 Å². The summed E-state index contributed by atoms with van der Waals surface area (Å²) >= 11 is 0. The molecule has 1 aromatic heterocycles. The lowest BCUT2D eigenvalue weighted by atomic mass is 9.70. The van der Waals surface area contributed by atoms with E-state index in [9.17, 15) is 22.8 Å². The number of nitrogens with one attached hydrogen (secondary N) is 1. The van der Waals surface area contributed by atoms with Crippen molar-refractivity contribution >= 4 is 17.5 Å². The molecule has 1 aromatic carbocycles. The molecule has 0 bridgehead atoms. The average Bonchev–Trinajstić information content (AvgIpc) is 3.22. The lowest BCUT2D eigenvalue weighted by Crippen LogP contribution is -2.48. The molecule has 7 nitrogen and oxygen atoms in total. The van der Waals surface area contributed by atoms with Crippen molar-refractivity contribution in [2.45, 2.75) is 25.4 Å². The first-order valence-corrected chi connectivity index (χ1v) is 11.4. The second-order valence-electron chi connectivity index (χ2n) is 9.17. The van der Waals surface area contributed by atoms with Gasteiger partial charge in [0.2, 0.25) is 11.8 Å². The molecule has 4 rings (SSSR count). The highest BCUT2D eigenvalue weighted by atomic mass is 19.4. The van der Waals surface area contributed by atoms with Crippen LogP contribution in [0.3, 0.4) is 0 Å². The number of piperidine rings is 1. The number of anilines is 1. The van der Waals surface area contributed by atoms with Crippen LogP contribution in [0.1, 0.15) is 29.5 Å². The molecule has 0 saturated carbocycles. The molecular weight excluding hydrogens is 459 g/mol. The van der Waals surface area contributed by atoms with E-state index in [4.69, 9.17) is 5.26 Å². The first kappa shape index (κ1) is 24.5. The van der Waals surface area contributed by atoms with Crippen LogP contribution in [-0.4, -0.2) is 54.9 Å². The van der Waals surface area contributed by atoms with Gasteiger partial charge in [-0.25, -0.2) is 0 Å². The molecule has 1 atom stereocenters. The molecule has 3 heterocycles. The van der Waals surface area contributed by atoms with Crippen LogP contribution in [0.4, 0.5) is 18.9 Å². The number of carbonyl (C=O) groups excluding carboxylic acids is 2. The summed E-state index contributed by atoms with van der Waals surface area (Å²) in [7, 11) is 1.57. The van der Waals surface area contributed by atoms with Crippen LogP contribution in [-0.2, 0) is 22.2 Å². The first-order chi connectivity index (χ1) is 16.7. The number of carbonyl (C=O) groups is 2. The van der Waals surface area contributed by atoms with Gasteiger partial charge in [-0.2, -0.15) is 18.4 Å². The van der Waals surface area contributed by atoms with Gasteiger partial charge in [-0.15, -0.1) is 0 Å². The van der Waals surface area contributed by atoms with Crippen LogP contribution in [0.15, 0.2) is 42.7 Å². The number of hydrogen-bond acceptors (Lipinski definition) is 5. The smallest absolute Gasteiger partial charge is 0.371 e. The Hall–Kier alpha value is -3.61. The average molecular weight is 486 g/mol. The van der Waals surface area contributed by atoms with E-state index >= 15 is 0 Å². The van der Waals surface area contributed by atoms with Crippen molar-refractivity contribution in [1.29, 1.82) is 5.26 Å². The van der Waals surface area contributed by atoms with Crippen molar-refractivity contribution in [3.63, 3.8) is 0 Å². The summed E-state index contributed by atoms with van der Waals surface area (Å²) in [5.74, 6) is -0.597. The Morgan fingerprint density at radius 1 is 1.26 bits per heavy atom. The number of nitriles is 1. The minimum Gasteiger partial charge on any atom is -0.371 e. The Labute approximate surface area is 201 Å². The molecule has 1 spiro atoms. The minimum atomic E-state index is -4.62. The molecule has 2 aliphatic rings. The van der Waals surface area contributed by atoms with E-state index in [0.717, 1.165) is 11.6 Å². The quantitative estimate of drug-likeness (QED) is 0.719. The van der Waals surface area contributed by atoms with Gasteiger partial charge in [0.25, 0.3) is 0 Å². The number of alkyl halides is 3. The summed E-state index contributed by atoms with van der Waals surface area (Å²) in [5, 5.41) is 11.8. The molecular formula is C25H26F3N5O2. The monoisotopic (exact) mass is 485 g/mol. The SMILES string of the molecule is CNC(=O)C1CN(C(=O)Cc2cccnc2)CC12CCN(c1ccc(C#N)c(C(F)(F)F)c1)CC2. The van der Waals surface area contributed by atoms with Crippen molar-refractivity contribution in [1.82, 2.24) is 15.2 Å². The number of likely N-dealkylation sites (tertiary alicyclic amines) is 1. The van der Waals surface area contributed by atoms with E-state index in [0.29, 0.717) is 44.7 Å². The van der Waals surface area contributed by atoms with Gasteiger partial charge in [0.05, 0.1) is 29.5 Å². The van der Waals surface area contributed by atoms with E-state index in [2.05, 4.69) is 10.3 Å². The molecule has 10 heteroatoms. The number of halogens is 3. The lowest BCUT2D eigenvalue weighted by molar-refractivity contribution is -0.137. The van der Waals surface area contributed by atoms with Crippen molar-refractivity contribution in [2.75, 3.05) is 38.1 Å². The van der Waals surface area contributed by atoms with Crippen molar-refractivity contribution in [3.8, 4) is 6.07 Å². The number of benzene rings is 1. The Bertz CT molecular complexity index is 1140. The van der Waals surface area contributed by atoms with Gasteiger partial charge in [-0.05, 0) is 42.7 Å². The first-order valence-electron chi connectivity index (χ1n) is 11.4. The maximum Gasteiger partial charge on any atom is 0.417 e. The Morgan fingerprint density at radius 2 is 2.00 bits per heavy atom. The van der Waals surface area contributed by atoms with Crippen LogP contribution < -0.4 is 10.2 Å². The molecule has 1 N–H and O–H groups in total. The Balaban J connectivity index is 1.51. The van der Waals surface area contributed by atoms with E-state index in [1.807, 2.05) is 11.0 Å². The zero-order valence-electron chi connectivity index (χ0n) is 19.3. The van der Waals surface area contributed by atoms with Crippen LogP contribution in [0.2, 0.25) is 0 Å². The van der Waals surface area contributed by atoms with Crippen LogP contribution >= 0.6 is 0 Å². The van der Waals surface area contributed by atoms with Gasteiger partial charge in [-0.1, -0.05) is 6.07 Å². The molecule has 2 aromatic rings. The number of amides is 2. The molecule has 1 unspecified atom stereocenters. The van der Waals surface area contributed by atoms with Gasteiger partial charge < -0.3 is 15.1 Å². The van der Waals surface area contributed by atoms with E-state index in [1.165, 1.54) is 12.1 Å². The summed E-state index contributed by atoms with van der Waals surface area (Å²) in [6.45, 7) is 1.63. The number of pyridine rings is 1. The molecule has 2 fully saturated rings. The highest BCUT2D eigenvalue weighted by Gasteiger charge is 2.52. The van der Waals surface area contributed by atoms with Crippen LogP contribution in [0, 0.1) is 22.7 Å². The fourth-order valence-electron chi connectivity index (χ4n) is 5.26. The summed E-state index contributed by atoms with van der Waals surface area (Å²) in [4.78, 5) is 33.4. The summed E-state index contributed by atoms with van der Waals surface area (Å²) in [5.41, 5.74) is -0.612.